The fourth-order valence-electron chi connectivity index (χ4n) is 0.731. The third-order valence-electron chi connectivity index (χ3n) is 1.59. The van der Waals surface area contributed by atoms with Crippen LogP contribution in [-0.2, 0) is 17.1 Å². The first kappa shape index (κ1) is 28.5. The van der Waals surface area contributed by atoms with Crippen LogP contribution < -0.4 is 10.9 Å². The van der Waals surface area contributed by atoms with Gasteiger partial charge in [0, 0.05) is 28.2 Å². The van der Waals surface area contributed by atoms with Crippen LogP contribution in [0, 0.1) is 12.4 Å². The normalized spacial score (nSPS) is 13.0. The second-order valence-corrected chi connectivity index (χ2v) is 7.34. The van der Waals surface area contributed by atoms with Crippen LogP contribution in [0.25, 0.3) is 0 Å². The Bertz CT molecular complexity index is 375. The summed E-state index contributed by atoms with van der Waals surface area (Å²) in [4.78, 5) is 0. The van der Waals surface area contributed by atoms with Gasteiger partial charge in [0.25, 0.3) is 0 Å². The number of hydrogen-bond donors (Lipinski definition) is 2. The molecule has 2 N–H and O–H groups in total. The van der Waals surface area contributed by atoms with Gasteiger partial charge in [-0.25, -0.2) is 20.2 Å². The Hall–Kier alpha value is -1.28. The summed E-state index contributed by atoms with van der Waals surface area (Å²) in [6.07, 6.45) is 8.52. The van der Waals surface area contributed by atoms with Crippen molar-refractivity contribution < 1.29 is 17.1 Å². The fraction of sp³-hybridized carbons (Fsp3) is 0.750. The monoisotopic (exact) mass is 393 g/mol. The molecule has 0 aromatic carbocycles. The molecule has 0 spiro atoms. The number of hydrogen-bond acceptors (Lipinski definition) is 8. The number of azo groups is 2. The third kappa shape index (κ3) is 34.9. The van der Waals surface area contributed by atoms with E-state index in [1.165, 1.54) is 0 Å². The van der Waals surface area contributed by atoms with Crippen LogP contribution in [0.4, 0.5) is 0 Å². The van der Waals surface area contributed by atoms with Gasteiger partial charge >= 0.3 is 17.1 Å². The van der Waals surface area contributed by atoms with E-state index in [0.29, 0.717) is 0 Å². The molecule has 0 aliphatic heterocycles. The molecule has 1 radical (unpaired) electrons. The van der Waals surface area contributed by atoms with E-state index in [1.54, 1.807) is 22.4 Å². The SMILES string of the molecule is CN(C)NC=[C-]N=NC(C)(C)C.CN(C)NC=[C-]N=NC(C)(C)C.[Mn+2]. The van der Waals surface area contributed by atoms with E-state index in [0.717, 1.165) is 0 Å². The van der Waals surface area contributed by atoms with Crippen molar-refractivity contribution in [2.75, 3.05) is 28.2 Å². The smallest absolute Gasteiger partial charge is 0.375 e. The van der Waals surface area contributed by atoms with Crippen LogP contribution in [0.2, 0.25) is 0 Å². The maximum atomic E-state index is 3.98. The number of nitrogens with zero attached hydrogens (tertiary/aromatic N) is 6. The van der Waals surface area contributed by atoms with Gasteiger partial charge in [-0.2, -0.15) is 0 Å². The molecule has 0 atom stereocenters. The van der Waals surface area contributed by atoms with Crippen molar-refractivity contribution in [3.63, 3.8) is 0 Å². The van der Waals surface area contributed by atoms with Crippen molar-refractivity contribution in [2.45, 2.75) is 52.6 Å². The van der Waals surface area contributed by atoms with Gasteiger partial charge in [0.05, 0.1) is 11.1 Å². The van der Waals surface area contributed by atoms with Crippen LogP contribution in [0.5, 0.6) is 0 Å². The average Bonchev–Trinajstić information content (AvgIpc) is 2.35. The summed E-state index contributed by atoms with van der Waals surface area (Å²) in [5, 5.41) is 19.0. The second-order valence-electron chi connectivity index (χ2n) is 7.34. The molecule has 0 fully saturated rings. The van der Waals surface area contributed by atoms with E-state index in [1.807, 2.05) is 69.7 Å². The predicted octanol–water partition coefficient (Wildman–Crippen LogP) is 3.15. The molecule has 0 aromatic rings. The summed E-state index contributed by atoms with van der Waals surface area (Å²) < 4.78 is 0. The van der Waals surface area contributed by atoms with E-state index >= 15 is 0 Å². The fourth-order valence-corrected chi connectivity index (χ4v) is 0.731. The molecule has 0 rings (SSSR count). The molecule has 0 unspecified atom stereocenters. The van der Waals surface area contributed by atoms with Gasteiger partial charge in [-0.15, -0.1) is 12.4 Å². The van der Waals surface area contributed by atoms with Crippen LogP contribution in [0.3, 0.4) is 0 Å². The van der Waals surface area contributed by atoms with E-state index < -0.39 is 0 Å². The zero-order chi connectivity index (χ0) is 19.2. The van der Waals surface area contributed by atoms with Gasteiger partial charge in [-0.3, -0.25) is 0 Å². The first-order valence-corrected chi connectivity index (χ1v) is 7.69. The minimum atomic E-state index is -0.126. The van der Waals surface area contributed by atoms with Crippen LogP contribution >= 0.6 is 0 Å². The van der Waals surface area contributed by atoms with Crippen LogP contribution in [-0.4, -0.2) is 49.3 Å². The van der Waals surface area contributed by atoms with Gasteiger partial charge in [0.1, 0.15) is 0 Å². The molecule has 9 heteroatoms. The van der Waals surface area contributed by atoms with Crippen molar-refractivity contribution in [2.24, 2.45) is 20.5 Å². The Morgan fingerprint density at radius 1 is 0.680 bits per heavy atom. The standard InChI is InChI=1S/2C8H17N4.Mn/c2*1-8(2,3)11-9-6-7-10-12(4)5;/h2*7,10H,1-5H3;/q2*-1;+2. The third-order valence-corrected chi connectivity index (χ3v) is 1.59. The Morgan fingerprint density at radius 2 is 0.960 bits per heavy atom. The van der Waals surface area contributed by atoms with Crippen molar-refractivity contribution in [1.82, 2.24) is 20.9 Å². The quantitative estimate of drug-likeness (QED) is 0.314. The van der Waals surface area contributed by atoms with Crippen LogP contribution in [0.15, 0.2) is 32.9 Å². The van der Waals surface area contributed by atoms with E-state index in [2.05, 4.69) is 43.7 Å². The summed E-state index contributed by atoms with van der Waals surface area (Å²) in [6.45, 7) is 11.9. The number of nitrogens with one attached hydrogen (secondary N) is 2. The van der Waals surface area contributed by atoms with Crippen LogP contribution in [0.1, 0.15) is 41.5 Å². The maximum absolute atomic E-state index is 3.98. The molecule has 0 aliphatic carbocycles. The molecule has 145 valence electrons. The molecule has 0 amide bonds. The van der Waals surface area contributed by atoms with Gasteiger partial charge in [-0.05, 0) is 41.5 Å². The summed E-state index contributed by atoms with van der Waals surface area (Å²) in [5.41, 5.74) is 5.50. The zero-order valence-corrected chi connectivity index (χ0v) is 18.4. The van der Waals surface area contributed by atoms with E-state index in [4.69, 9.17) is 0 Å². The van der Waals surface area contributed by atoms with Gasteiger partial charge in [0.15, 0.2) is 0 Å². The molecule has 0 saturated carbocycles. The Labute approximate surface area is 164 Å². The minimum absolute atomic E-state index is 0. The van der Waals surface area contributed by atoms with E-state index in [-0.39, 0.29) is 28.1 Å². The number of hydrazine groups is 2. The van der Waals surface area contributed by atoms with Crippen molar-refractivity contribution in [1.29, 1.82) is 0 Å². The molecule has 0 aliphatic rings. The van der Waals surface area contributed by atoms with Gasteiger partial charge in [0.2, 0.25) is 0 Å². The minimum Gasteiger partial charge on any atom is -0.375 e. The molecule has 25 heavy (non-hydrogen) atoms. The largest absolute Gasteiger partial charge is 2.00 e. The molecule has 0 bridgehead atoms. The van der Waals surface area contributed by atoms with Gasteiger partial charge < -0.3 is 33.5 Å². The van der Waals surface area contributed by atoms with Crippen molar-refractivity contribution in [3.8, 4) is 0 Å². The summed E-state index contributed by atoms with van der Waals surface area (Å²) in [7, 11) is 7.55. The maximum Gasteiger partial charge on any atom is 2.00 e. The second kappa shape index (κ2) is 15.0. The molecule has 8 nitrogen and oxygen atoms in total. The Balaban J connectivity index is -0.000000372. The topological polar surface area (TPSA) is 80.0 Å². The zero-order valence-electron chi connectivity index (χ0n) is 17.2. The number of rotatable bonds is 6. The van der Waals surface area contributed by atoms with E-state index in [9.17, 15) is 0 Å². The molecular formula is C16H34MnN8. The molecular weight excluding hydrogens is 359 g/mol. The first-order chi connectivity index (χ1) is 10.8. The van der Waals surface area contributed by atoms with Gasteiger partial charge in [-0.1, -0.05) is 0 Å². The molecule has 0 aromatic heterocycles. The predicted molar refractivity (Wildman–Crippen MR) is 98.5 cm³/mol. The Morgan fingerprint density at radius 3 is 1.16 bits per heavy atom. The summed E-state index contributed by atoms with van der Waals surface area (Å²) >= 11 is 0. The molecule has 0 saturated heterocycles. The Kier molecular flexibility index (Phi) is 17.1. The molecule has 0 heterocycles. The average molecular weight is 393 g/mol. The van der Waals surface area contributed by atoms with Crippen molar-refractivity contribution in [3.05, 3.63) is 24.8 Å². The summed E-state index contributed by atoms with van der Waals surface area (Å²) in [6, 6.07) is 0. The first-order valence-electron chi connectivity index (χ1n) is 7.69. The summed E-state index contributed by atoms with van der Waals surface area (Å²) in [5.74, 6) is 0. The van der Waals surface area contributed by atoms with Crippen molar-refractivity contribution >= 4 is 0 Å².